The summed E-state index contributed by atoms with van der Waals surface area (Å²) in [5.74, 6) is -3.28. The topological polar surface area (TPSA) is 121 Å². The van der Waals surface area contributed by atoms with Crippen molar-refractivity contribution < 1.29 is 41.5 Å². The molecule has 1 saturated heterocycles. The standard InChI is InChI=1S/C31H35F4N5O5/c1-17-15-40(23(19-7-9-20(32)10-8-19)16-39(17)27(43)30(11-12-30)31(33,34)35)26(42)25(41)37-21-13-22(18-5-6-18)24(36-14-21)38-28(44)45-29(2,3)4/h7-10,13-14,17-18,23H,5-6,11-12,15-16H2,1-4H3,(H,37,41)(H,36,38,44)/t17-,23-/m1/s1. The Morgan fingerprint density at radius 1 is 0.978 bits per heavy atom. The third-order valence-corrected chi connectivity index (χ3v) is 8.22. The van der Waals surface area contributed by atoms with Crippen molar-refractivity contribution in [2.24, 2.45) is 5.41 Å². The summed E-state index contributed by atoms with van der Waals surface area (Å²) >= 11 is 0. The van der Waals surface area contributed by atoms with E-state index in [-0.39, 0.29) is 43.4 Å². The number of aromatic nitrogens is 1. The van der Waals surface area contributed by atoms with Crippen LogP contribution in [0.1, 0.15) is 76.5 Å². The number of alkyl halides is 3. The van der Waals surface area contributed by atoms with Gasteiger partial charge in [0.15, 0.2) is 0 Å². The summed E-state index contributed by atoms with van der Waals surface area (Å²) in [5, 5.41) is 5.16. The van der Waals surface area contributed by atoms with Crippen LogP contribution in [-0.2, 0) is 19.1 Å². The van der Waals surface area contributed by atoms with Crippen molar-refractivity contribution in [1.82, 2.24) is 14.8 Å². The van der Waals surface area contributed by atoms with Crippen LogP contribution in [0.15, 0.2) is 36.5 Å². The van der Waals surface area contributed by atoms with Crippen LogP contribution in [0, 0.1) is 11.2 Å². The van der Waals surface area contributed by atoms with Gasteiger partial charge in [-0.25, -0.2) is 14.2 Å². The monoisotopic (exact) mass is 633 g/mol. The number of ether oxygens (including phenoxy) is 1. The minimum absolute atomic E-state index is 0.0933. The molecule has 14 heteroatoms. The zero-order valence-electron chi connectivity index (χ0n) is 25.3. The lowest BCUT2D eigenvalue weighted by Crippen LogP contribution is -2.60. The molecular weight excluding hydrogens is 598 g/mol. The molecule has 2 aromatic rings. The molecule has 0 spiro atoms. The second kappa shape index (κ2) is 11.6. The van der Waals surface area contributed by atoms with Gasteiger partial charge in [0.2, 0.25) is 5.91 Å². The van der Waals surface area contributed by atoms with Crippen molar-refractivity contribution in [2.75, 3.05) is 23.7 Å². The summed E-state index contributed by atoms with van der Waals surface area (Å²) in [6.07, 6.45) is -3.06. The molecule has 1 aromatic carbocycles. The minimum Gasteiger partial charge on any atom is -0.444 e. The lowest BCUT2D eigenvalue weighted by Gasteiger charge is -2.46. The third-order valence-electron chi connectivity index (χ3n) is 8.22. The summed E-state index contributed by atoms with van der Waals surface area (Å²) in [6.45, 7) is 6.17. The van der Waals surface area contributed by atoms with E-state index in [0.717, 1.165) is 29.9 Å². The molecule has 0 radical (unpaired) electrons. The molecule has 3 aliphatic rings. The van der Waals surface area contributed by atoms with Crippen LogP contribution < -0.4 is 10.6 Å². The number of amides is 4. The number of carbonyl (C=O) groups excluding carboxylic acids is 4. The highest BCUT2D eigenvalue weighted by Gasteiger charge is 2.70. The Morgan fingerprint density at radius 2 is 1.62 bits per heavy atom. The van der Waals surface area contributed by atoms with Crippen LogP contribution in [-0.4, -0.2) is 69.5 Å². The van der Waals surface area contributed by atoms with E-state index in [9.17, 15) is 36.7 Å². The number of pyridine rings is 1. The van der Waals surface area contributed by atoms with Gasteiger partial charge >= 0.3 is 24.1 Å². The molecule has 1 aliphatic heterocycles. The average molecular weight is 634 g/mol. The van der Waals surface area contributed by atoms with Gasteiger partial charge in [0.25, 0.3) is 0 Å². The predicted octanol–water partition coefficient (Wildman–Crippen LogP) is 5.53. The van der Waals surface area contributed by atoms with Gasteiger partial charge in [-0.3, -0.25) is 19.7 Å². The third kappa shape index (κ3) is 6.89. The molecule has 4 amide bonds. The van der Waals surface area contributed by atoms with E-state index in [4.69, 9.17) is 4.74 Å². The van der Waals surface area contributed by atoms with Crippen molar-refractivity contribution in [3.05, 3.63) is 53.5 Å². The number of hydrogen-bond acceptors (Lipinski definition) is 6. The maximum atomic E-state index is 13.8. The molecule has 5 rings (SSSR count). The Hall–Kier alpha value is -4.23. The van der Waals surface area contributed by atoms with Crippen LogP contribution in [0.5, 0.6) is 0 Å². The molecule has 2 saturated carbocycles. The first-order valence-electron chi connectivity index (χ1n) is 14.7. The molecule has 0 unspecified atom stereocenters. The molecule has 242 valence electrons. The van der Waals surface area contributed by atoms with E-state index in [1.807, 2.05) is 0 Å². The Kier molecular flexibility index (Phi) is 8.30. The molecule has 0 bridgehead atoms. The fourth-order valence-corrected chi connectivity index (χ4v) is 5.55. The Balaban J connectivity index is 1.35. The van der Waals surface area contributed by atoms with Crippen LogP contribution >= 0.6 is 0 Å². The number of halogens is 4. The highest BCUT2D eigenvalue weighted by Crippen LogP contribution is 2.59. The largest absolute Gasteiger partial charge is 0.444 e. The zero-order valence-corrected chi connectivity index (χ0v) is 25.3. The molecule has 2 atom stereocenters. The SMILES string of the molecule is C[C@@H]1CN(C(=O)C(=O)Nc2cnc(NC(=O)OC(C)(C)C)c(C3CC3)c2)[C@@H](c2ccc(F)cc2)CN1C(=O)C1(C(F)(F)F)CC1. The number of nitrogens with zero attached hydrogens (tertiary/aromatic N) is 3. The van der Waals surface area contributed by atoms with Gasteiger partial charge < -0.3 is 19.9 Å². The first kappa shape index (κ1) is 32.2. The molecule has 2 heterocycles. The van der Waals surface area contributed by atoms with E-state index < -0.39 is 58.9 Å². The number of benzene rings is 1. The number of piperazine rings is 1. The van der Waals surface area contributed by atoms with Gasteiger partial charge in [-0.05, 0) is 83.1 Å². The van der Waals surface area contributed by atoms with Crippen molar-refractivity contribution in [1.29, 1.82) is 0 Å². The fraction of sp³-hybridized carbons (Fsp3) is 0.516. The quantitative estimate of drug-likeness (QED) is 0.330. The fourth-order valence-electron chi connectivity index (χ4n) is 5.55. The summed E-state index contributed by atoms with van der Waals surface area (Å²) < 4.78 is 60.5. The van der Waals surface area contributed by atoms with Gasteiger partial charge in [-0.1, -0.05) is 12.1 Å². The van der Waals surface area contributed by atoms with Crippen molar-refractivity contribution in [2.45, 2.75) is 83.2 Å². The molecule has 45 heavy (non-hydrogen) atoms. The van der Waals surface area contributed by atoms with Gasteiger partial charge in [0.05, 0.1) is 17.9 Å². The lowest BCUT2D eigenvalue weighted by atomic mass is 9.96. The number of rotatable bonds is 5. The van der Waals surface area contributed by atoms with E-state index in [0.29, 0.717) is 11.1 Å². The van der Waals surface area contributed by atoms with Crippen LogP contribution in [0.2, 0.25) is 0 Å². The predicted molar refractivity (Wildman–Crippen MR) is 154 cm³/mol. The summed E-state index contributed by atoms with van der Waals surface area (Å²) in [6, 6.07) is 4.80. The summed E-state index contributed by atoms with van der Waals surface area (Å²) in [5.41, 5.74) is -1.96. The summed E-state index contributed by atoms with van der Waals surface area (Å²) in [7, 11) is 0. The average Bonchev–Trinajstić information content (AvgIpc) is 3.86. The zero-order chi connectivity index (χ0) is 32.9. The Bertz CT molecular complexity index is 1500. The van der Waals surface area contributed by atoms with E-state index in [2.05, 4.69) is 15.6 Å². The van der Waals surface area contributed by atoms with Crippen molar-refractivity contribution in [3.63, 3.8) is 0 Å². The highest BCUT2D eigenvalue weighted by molar-refractivity contribution is 6.39. The van der Waals surface area contributed by atoms with Crippen LogP contribution in [0.3, 0.4) is 0 Å². The normalized spacial score (nSPS) is 21.2. The Morgan fingerprint density at radius 3 is 2.18 bits per heavy atom. The van der Waals surface area contributed by atoms with Crippen molar-refractivity contribution >= 4 is 35.3 Å². The first-order valence-corrected chi connectivity index (χ1v) is 14.7. The van der Waals surface area contributed by atoms with Gasteiger partial charge in [0.1, 0.15) is 22.7 Å². The number of anilines is 2. The summed E-state index contributed by atoms with van der Waals surface area (Å²) in [4.78, 5) is 58.9. The van der Waals surface area contributed by atoms with Crippen molar-refractivity contribution in [3.8, 4) is 0 Å². The molecule has 1 aromatic heterocycles. The van der Waals surface area contributed by atoms with Gasteiger partial charge in [0, 0.05) is 24.7 Å². The second-order valence-corrected chi connectivity index (χ2v) is 12.9. The Labute approximate surface area is 257 Å². The lowest BCUT2D eigenvalue weighted by molar-refractivity contribution is -0.201. The van der Waals surface area contributed by atoms with Crippen LogP contribution in [0.25, 0.3) is 0 Å². The smallest absolute Gasteiger partial charge is 0.413 e. The molecule has 2 N–H and O–H groups in total. The van der Waals surface area contributed by atoms with E-state index >= 15 is 0 Å². The van der Waals surface area contributed by atoms with Crippen LogP contribution in [0.4, 0.5) is 33.9 Å². The first-order chi connectivity index (χ1) is 21.0. The number of carbonyl (C=O) groups is 4. The maximum absolute atomic E-state index is 13.8. The highest BCUT2D eigenvalue weighted by atomic mass is 19.4. The van der Waals surface area contributed by atoms with E-state index in [1.54, 1.807) is 26.8 Å². The number of nitrogens with one attached hydrogen (secondary N) is 2. The van der Waals surface area contributed by atoms with E-state index in [1.165, 1.54) is 30.2 Å². The second-order valence-electron chi connectivity index (χ2n) is 12.9. The molecular formula is C31H35F4N5O5. The minimum atomic E-state index is -4.71. The molecule has 3 fully saturated rings. The molecule has 2 aliphatic carbocycles. The van der Waals surface area contributed by atoms with Gasteiger partial charge in [-0.2, -0.15) is 13.2 Å². The maximum Gasteiger partial charge on any atom is 0.413 e. The molecule has 10 nitrogen and oxygen atoms in total. The number of hydrogen-bond donors (Lipinski definition) is 2. The van der Waals surface area contributed by atoms with Gasteiger partial charge in [-0.15, -0.1) is 0 Å².